The summed E-state index contributed by atoms with van der Waals surface area (Å²) in [5, 5.41) is 3.43. The topological polar surface area (TPSA) is 72.8 Å². The standard InChI is InChI=1S/C25H25N5O/c1-18(22-8-3-4-9-24(22)31-16-21-7-5-6-12-26-21)14-28-25-13-23(29-17-30-25)20-11-10-19(2)27-15-20/h3-13,15,17-18H,14,16H2,1-2H3,(H,28,29,30). The number of nitrogens with zero attached hydrogens (tertiary/aromatic N) is 4. The molecule has 3 heterocycles. The molecule has 31 heavy (non-hydrogen) atoms. The molecule has 0 radical (unpaired) electrons. The normalized spacial score (nSPS) is 11.7. The molecule has 0 fully saturated rings. The van der Waals surface area contributed by atoms with Crippen LogP contribution < -0.4 is 10.1 Å². The number of nitrogens with one attached hydrogen (secondary N) is 1. The average Bonchev–Trinajstić information content (AvgIpc) is 2.83. The zero-order valence-electron chi connectivity index (χ0n) is 17.7. The zero-order chi connectivity index (χ0) is 21.5. The molecule has 4 aromatic rings. The molecule has 156 valence electrons. The number of para-hydroxylation sites is 1. The molecule has 3 aromatic heterocycles. The van der Waals surface area contributed by atoms with E-state index >= 15 is 0 Å². The third-order valence-corrected chi connectivity index (χ3v) is 5.02. The molecule has 4 rings (SSSR count). The molecule has 0 spiro atoms. The average molecular weight is 412 g/mol. The van der Waals surface area contributed by atoms with Gasteiger partial charge in [0.1, 0.15) is 24.5 Å². The van der Waals surface area contributed by atoms with Crippen molar-refractivity contribution < 1.29 is 4.74 Å². The Morgan fingerprint density at radius 2 is 1.81 bits per heavy atom. The molecule has 0 aliphatic heterocycles. The molecule has 1 atom stereocenters. The molecule has 1 unspecified atom stereocenters. The number of benzene rings is 1. The van der Waals surface area contributed by atoms with Crippen LogP contribution in [0.25, 0.3) is 11.3 Å². The number of rotatable bonds is 8. The van der Waals surface area contributed by atoms with E-state index in [1.807, 2.05) is 67.7 Å². The van der Waals surface area contributed by atoms with Gasteiger partial charge < -0.3 is 10.1 Å². The van der Waals surface area contributed by atoms with Crippen molar-refractivity contribution in [3.05, 3.63) is 96.3 Å². The fourth-order valence-corrected chi connectivity index (χ4v) is 3.25. The molecular weight excluding hydrogens is 386 g/mol. The number of aryl methyl sites for hydroxylation is 1. The van der Waals surface area contributed by atoms with E-state index in [0.717, 1.165) is 39.8 Å². The van der Waals surface area contributed by atoms with Crippen LogP contribution in [0.2, 0.25) is 0 Å². The van der Waals surface area contributed by atoms with Crippen LogP contribution in [-0.2, 0) is 6.61 Å². The van der Waals surface area contributed by atoms with Gasteiger partial charge in [-0.15, -0.1) is 0 Å². The maximum absolute atomic E-state index is 6.06. The van der Waals surface area contributed by atoms with Gasteiger partial charge >= 0.3 is 0 Å². The molecule has 6 nitrogen and oxygen atoms in total. The van der Waals surface area contributed by atoms with E-state index in [1.165, 1.54) is 0 Å². The molecule has 1 N–H and O–H groups in total. The van der Waals surface area contributed by atoms with Crippen molar-refractivity contribution in [2.24, 2.45) is 0 Å². The minimum Gasteiger partial charge on any atom is -0.487 e. The summed E-state index contributed by atoms with van der Waals surface area (Å²) in [6.45, 7) is 5.29. The van der Waals surface area contributed by atoms with Crippen LogP contribution in [0.3, 0.4) is 0 Å². The summed E-state index contributed by atoms with van der Waals surface area (Å²) in [5.41, 5.74) is 4.84. The van der Waals surface area contributed by atoms with Crippen molar-refractivity contribution >= 4 is 5.82 Å². The van der Waals surface area contributed by atoms with Gasteiger partial charge in [0.2, 0.25) is 0 Å². The number of hydrogen-bond acceptors (Lipinski definition) is 6. The molecule has 0 saturated heterocycles. The quantitative estimate of drug-likeness (QED) is 0.438. The highest BCUT2D eigenvalue weighted by atomic mass is 16.5. The third kappa shape index (κ3) is 5.42. The lowest BCUT2D eigenvalue weighted by Crippen LogP contribution is -2.12. The summed E-state index contributed by atoms with van der Waals surface area (Å²) in [7, 11) is 0. The fraction of sp³-hybridized carbons (Fsp3) is 0.200. The Morgan fingerprint density at radius 3 is 2.61 bits per heavy atom. The zero-order valence-corrected chi connectivity index (χ0v) is 17.7. The van der Waals surface area contributed by atoms with Crippen molar-refractivity contribution in [2.45, 2.75) is 26.4 Å². The van der Waals surface area contributed by atoms with E-state index in [9.17, 15) is 0 Å². The van der Waals surface area contributed by atoms with Crippen LogP contribution in [0.5, 0.6) is 5.75 Å². The molecule has 0 aliphatic rings. The number of pyridine rings is 2. The van der Waals surface area contributed by atoms with E-state index in [-0.39, 0.29) is 5.92 Å². The van der Waals surface area contributed by atoms with Gasteiger partial charge in [0.05, 0.1) is 11.4 Å². The number of ether oxygens (including phenoxy) is 1. The molecule has 6 heteroatoms. The summed E-state index contributed by atoms with van der Waals surface area (Å²) < 4.78 is 6.06. The van der Waals surface area contributed by atoms with Crippen molar-refractivity contribution in [3.8, 4) is 17.0 Å². The van der Waals surface area contributed by atoms with Gasteiger partial charge in [-0.2, -0.15) is 0 Å². The largest absolute Gasteiger partial charge is 0.487 e. The van der Waals surface area contributed by atoms with Crippen molar-refractivity contribution in [3.63, 3.8) is 0 Å². The summed E-state index contributed by atoms with van der Waals surface area (Å²) >= 11 is 0. The summed E-state index contributed by atoms with van der Waals surface area (Å²) in [4.78, 5) is 17.4. The number of aromatic nitrogens is 4. The van der Waals surface area contributed by atoms with Gasteiger partial charge in [0, 0.05) is 42.2 Å². The van der Waals surface area contributed by atoms with Gasteiger partial charge in [-0.05, 0) is 42.8 Å². The second-order valence-electron chi connectivity index (χ2n) is 7.41. The number of anilines is 1. The van der Waals surface area contributed by atoms with Crippen LogP contribution in [0.1, 0.15) is 29.8 Å². The predicted octanol–water partition coefficient (Wildman–Crippen LogP) is 5.04. The molecule has 0 aliphatic carbocycles. The highest BCUT2D eigenvalue weighted by molar-refractivity contribution is 5.61. The highest BCUT2D eigenvalue weighted by Crippen LogP contribution is 2.27. The lowest BCUT2D eigenvalue weighted by atomic mass is 10.00. The Bertz CT molecular complexity index is 1120. The number of hydrogen-bond donors (Lipinski definition) is 1. The van der Waals surface area contributed by atoms with E-state index in [4.69, 9.17) is 4.74 Å². The van der Waals surface area contributed by atoms with Crippen molar-refractivity contribution in [2.75, 3.05) is 11.9 Å². The smallest absolute Gasteiger partial charge is 0.130 e. The summed E-state index contributed by atoms with van der Waals surface area (Å²) in [6.07, 6.45) is 5.19. The first-order valence-corrected chi connectivity index (χ1v) is 10.3. The maximum atomic E-state index is 6.06. The fourth-order valence-electron chi connectivity index (χ4n) is 3.25. The van der Waals surface area contributed by atoms with Crippen LogP contribution in [0.15, 0.2) is 79.4 Å². The Balaban J connectivity index is 1.42. The highest BCUT2D eigenvalue weighted by Gasteiger charge is 2.12. The second-order valence-corrected chi connectivity index (χ2v) is 7.41. The second kappa shape index (κ2) is 9.80. The molecule has 0 saturated carbocycles. The first-order chi connectivity index (χ1) is 15.2. The van der Waals surface area contributed by atoms with E-state index in [1.54, 1.807) is 12.5 Å². The van der Waals surface area contributed by atoms with Gasteiger partial charge in [0.15, 0.2) is 0 Å². The summed E-state index contributed by atoms with van der Waals surface area (Å²) in [5.74, 6) is 1.88. The first-order valence-electron chi connectivity index (χ1n) is 10.3. The Labute approximate surface area is 182 Å². The van der Waals surface area contributed by atoms with Gasteiger partial charge in [-0.25, -0.2) is 9.97 Å². The molecule has 1 aromatic carbocycles. The van der Waals surface area contributed by atoms with E-state index < -0.39 is 0 Å². The Morgan fingerprint density at radius 1 is 0.935 bits per heavy atom. The Kier molecular flexibility index (Phi) is 6.47. The predicted molar refractivity (Wildman–Crippen MR) is 122 cm³/mol. The SMILES string of the molecule is Cc1ccc(-c2cc(NCC(C)c3ccccc3OCc3ccccn3)ncn2)cn1. The maximum Gasteiger partial charge on any atom is 0.130 e. The monoisotopic (exact) mass is 411 g/mol. The minimum absolute atomic E-state index is 0.222. The minimum atomic E-state index is 0.222. The van der Waals surface area contributed by atoms with Crippen molar-refractivity contribution in [1.82, 2.24) is 19.9 Å². The molecular formula is C25H25N5O. The van der Waals surface area contributed by atoms with Crippen LogP contribution in [0, 0.1) is 6.92 Å². The van der Waals surface area contributed by atoms with Gasteiger partial charge in [-0.3, -0.25) is 9.97 Å². The lowest BCUT2D eigenvalue weighted by Gasteiger charge is -2.18. The van der Waals surface area contributed by atoms with Crippen LogP contribution in [-0.4, -0.2) is 26.5 Å². The van der Waals surface area contributed by atoms with Crippen LogP contribution >= 0.6 is 0 Å². The van der Waals surface area contributed by atoms with E-state index in [2.05, 4.69) is 38.2 Å². The third-order valence-electron chi connectivity index (χ3n) is 5.02. The van der Waals surface area contributed by atoms with E-state index in [0.29, 0.717) is 13.2 Å². The molecule has 0 amide bonds. The summed E-state index contributed by atoms with van der Waals surface area (Å²) in [6, 6.07) is 19.9. The van der Waals surface area contributed by atoms with Gasteiger partial charge in [-0.1, -0.05) is 31.2 Å². The first kappa shape index (κ1) is 20.5. The van der Waals surface area contributed by atoms with Crippen LogP contribution in [0.4, 0.5) is 5.82 Å². The van der Waals surface area contributed by atoms with Gasteiger partial charge in [0.25, 0.3) is 0 Å². The lowest BCUT2D eigenvalue weighted by molar-refractivity contribution is 0.297. The Hall–Kier alpha value is -3.80. The van der Waals surface area contributed by atoms with Crippen molar-refractivity contribution in [1.29, 1.82) is 0 Å². The molecule has 0 bridgehead atoms.